The minimum absolute atomic E-state index is 0.155. The number of carbonyl (C=O) groups is 1. The molecule has 37 heavy (non-hydrogen) atoms. The predicted octanol–water partition coefficient (Wildman–Crippen LogP) is 5.86. The minimum atomic E-state index is -0.316. The fraction of sp³-hybridized carbons (Fsp3) is 0.172. The van der Waals surface area contributed by atoms with Crippen molar-refractivity contribution in [2.24, 2.45) is 0 Å². The van der Waals surface area contributed by atoms with E-state index >= 15 is 0 Å². The molecule has 3 heterocycles. The molecule has 0 unspecified atom stereocenters. The highest BCUT2D eigenvalue weighted by Crippen LogP contribution is 2.35. The Morgan fingerprint density at radius 3 is 2.51 bits per heavy atom. The summed E-state index contributed by atoms with van der Waals surface area (Å²) in [5, 5.41) is 0. The average molecular weight is 528 g/mol. The molecule has 186 valence electrons. The van der Waals surface area contributed by atoms with Crippen molar-refractivity contribution >= 4 is 45.9 Å². The summed E-state index contributed by atoms with van der Waals surface area (Å²) in [5.41, 5.74) is 4.36. The molecule has 2 aromatic carbocycles. The zero-order chi connectivity index (χ0) is 26.1. The van der Waals surface area contributed by atoms with E-state index in [0.29, 0.717) is 33.6 Å². The number of amides is 1. The Bertz CT molecular complexity index is 1630. The van der Waals surface area contributed by atoms with Crippen molar-refractivity contribution < 1.29 is 9.53 Å². The van der Waals surface area contributed by atoms with Crippen LogP contribution in [-0.4, -0.2) is 31.1 Å². The average Bonchev–Trinajstić information content (AvgIpc) is 3.16. The summed E-state index contributed by atoms with van der Waals surface area (Å²) in [7, 11) is 0. The van der Waals surface area contributed by atoms with Gasteiger partial charge in [0.25, 0.3) is 11.5 Å². The summed E-state index contributed by atoms with van der Waals surface area (Å²) < 4.78 is 8.18. The van der Waals surface area contributed by atoms with Gasteiger partial charge in [-0.15, -0.1) is 0 Å². The Morgan fingerprint density at radius 2 is 1.73 bits per heavy atom. The molecule has 6 nitrogen and oxygen atoms in total. The molecule has 0 spiro atoms. The molecule has 0 saturated carbocycles. The van der Waals surface area contributed by atoms with Crippen LogP contribution >= 0.6 is 24.0 Å². The van der Waals surface area contributed by atoms with Gasteiger partial charge in [0.1, 0.15) is 21.3 Å². The number of hydrogen-bond acceptors (Lipinski definition) is 6. The van der Waals surface area contributed by atoms with E-state index in [1.807, 2.05) is 75.4 Å². The highest BCUT2D eigenvalue weighted by atomic mass is 32.2. The van der Waals surface area contributed by atoms with Crippen LogP contribution in [0, 0.1) is 20.8 Å². The summed E-state index contributed by atoms with van der Waals surface area (Å²) in [5.74, 6) is 0.537. The second-order valence-corrected chi connectivity index (χ2v) is 10.6. The summed E-state index contributed by atoms with van der Waals surface area (Å²) >= 11 is 6.71. The molecule has 4 aromatic rings. The Morgan fingerprint density at radius 1 is 0.973 bits per heavy atom. The molecule has 0 atom stereocenters. The second kappa shape index (κ2) is 10.3. The van der Waals surface area contributed by atoms with Gasteiger partial charge < -0.3 is 4.74 Å². The number of nitrogens with zero attached hydrogens (tertiary/aromatic N) is 3. The topological polar surface area (TPSA) is 63.9 Å². The number of carbonyl (C=O) groups excluding carboxylic acids is 1. The van der Waals surface area contributed by atoms with E-state index in [-0.39, 0.29) is 22.9 Å². The SMILES string of the molecule is Cc1cccc(Oc2nc3c(C)cccn3c(=O)c2/C=C2/SC(=S)N(CCc3ccccc3)C2=O)c1C. The lowest BCUT2D eigenvalue weighted by Gasteiger charge is -2.14. The first-order chi connectivity index (χ1) is 17.8. The molecular formula is C29H25N3O3S2. The Hall–Kier alpha value is -3.75. The predicted molar refractivity (Wildman–Crippen MR) is 152 cm³/mol. The number of hydrogen-bond donors (Lipinski definition) is 0. The van der Waals surface area contributed by atoms with Crippen molar-refractivity contribution in [2.45, 2.75) is 27.2 Å². The third kappa shape index (κ3) is 4.95. The quantitative estimate of drug-likeness (QED) is 0.231. The monoisotopic (exact) mass is 527 g/mol. The first-order valence-electron chi connectivity index (χ1n) is 11.9. The number of fused-ring (bicyclic) bond motifs is 1. The Labute approximate surface area is 224 Å². The molecule has 0 N–H and O–H groups in total. The molecule has 0 bridgehead atoms. The van der Waals surface area contributed by atoms with Crippen molar-refractivity contribution in [3.63, 3.8) is 0 Å². The van der Waals surface area contributed by atoms with Gasteiger partial charge in [0.05, 0.1) is 4.91 Å². The van der Waals surface area contributed by atoms with Crippen LogP contribution in [0.4, 0.5) is 0 Å². The summed E-state index contributed by atoms with van der Waals surface area (Å²) in [4.78, 5) is 33.6. The van der Waals surface area contributed by atoms with Gasteiger partial charge in [-0.05, 0) is 67.7 Å². The van der Waals surface area contributed by atoms with Crippen LogP contribution in [0.2, 0.25) is 0 Å². The molecule has 2 aromatic heterocycles. The number of thiocarbonyl (C=S) groups is 1. The molecule has 0 aliphatic carbocycles. The fourth-order valence-electron chi connectivity index (χ4n) is 4.14. The minimum Gasteiger partial charge on any atom is -0.438 e. The summed E-state index contributed by atoms with van der Waals surface area (Å²) in [6, 6.07) is 19.4. The van der Waals surface area contributed by atoms with Crippen LogP contribution < -0.4 is 10.3 Å². The van der Waals surface area contributed by atoms with Gasteiger partial charge in [0, 0.05) is 12.7 Å². The molecule has 8 heteroatoms. The molecule has 1 fully saturated rings. The zero-order valence-electron chi connectivity index (χ0n) is 20.7. The van der Waals surface area contributed by atoms with Crippen LogP contribution in [0.5, 0.6) is 11.6 Å². The van der Waals surface area contributed by atoms with Crippen molar-refractivity contribution in [3.05, 3.63) is 110 Å². The van der Waals surface area contributed by atoms with Crippen molar-refractivity contribution in [2.75, 3.05) is 6.54 Å². The first-order valence-corrected chi connectivity index (χ1v) is 13.1. The lowest BCUT2D eigenvalue weighted by molar-refractivity contribution is -0.122. The Balaban J connectivity index is 1.55. The van der Waals surface area contributed by atoms with Crippen LogP contribution in [0.3, 0.4) is 0 Å². The molecule has 1 aliphatic heterocycles. The molecule has 5 rings (SSSR count). The van der Waals surface area contributed by atoms with Crippen molar-refractivity contribution in [3.8, 4) is 11.6 Å². The molecule has 1 amide bonds. The van der Waals surface area contributed by atoms with E-state index in [4.69, 9.17) is 21.9 Å². The van der Waals surface area contributed by atoms with Crippen molar-refractivity contribution in [1.82, 2.24) is 14.3 Å². The van der Waals surface area contributed by atoms with E-state index in [1.165, 1.54) is 16.2 Å². The first kappa shape index (κ1) is 24.9. The van der Waals surface area contributed by atoms with Crippen LogP contribution in [-0.2, 0) is 11.2 Å². The standard InChI is InChI=1S/C29H25N3O3S2/c1-18-9-7-13-23(20(18)3)35-26-22(27(33)31-15-8-10-19(2)25(31)30-26)17-24-28(34)32(29(36)37-24)16-14-21-11-5-4-6-12-21/h4-13,15,17H,14,16H2,1-3H3/b24-17+. The highest BCUT2D eigenvalue weighted by Gasteiger charge is 2.32. The molecule has 0 radical (unpaired) electrons. The number of pyridine rings is 1. The normalized spacial score (nSPS) is 14.7. The number of ether oxygens (including phenoxy) is 1. The summed E-state index contributed by atoms with van der Waals surface area (Å²) in [6.45, 7) is 6.31. The molecule has 1 aliphatic rings. The lowest BCUT2D eigenvalue weighted by Crippen LogP contribution is -2.30. The van der Waals surface area contributed by atoms with Crippen LogP contribution in [0.15, 0.2) is 76.6 Å². The fourth-order valence-corrected chi connectivity index (χ4v) is 5.43. The van der Waals surface area contributed by atoms with E-state index in [2.05, 4.69) is 0 Å². The number of aryl methyl sites for hydroxylation is 2. The second-order valence-electron chi connectivity index (χ2n) is 8.89. The third-order valence-electron chi connectivity index (χ3n) is 6.43. The van der Waals surface area contributed by atoms with E-state index in [0.717, 1.165) is 22.3 Å². The number of thioether (sulfide) groups is 1. The zero-order valence-corrected chi connectivity index (χ0v) is 22.4. The number of rotatable bonds is 6. The lowest BCUT2D eigenvalue weighted by atomic mass is 10.1. The van der Waals surface area contributed by atoms with Gasteiger partial charge >= 0.3 is 0 Å². The number of aromatic nitrogens is 2. The number of benzene rings is 2. The van der Waals surface area contributed by atoms with E-state index in [1.54, 1.807) is 23.2 Å². The maximum atomic E-state index is 13.6. The molecular weight excluding hydrogens is 502 g/mol. The largest absolute Gasteiger partial charge is 0.438 e. The van der Waals surface area contributed by atoms with Crippen LogP contribution in [0.25, 0.3) is 11.7 Å². The highest BCUT2D eigenvalue weighted by molar-refractivity contribution is 8.26. The van der Waals surface area contributed by atoms with Crippen molar-refractivity contribution in [1.29, 1.82) is 0 Å². The van der Waals surface area contributed by atoms with Gasteiger partial charge in [-0.25, -0.2) is 0 Å². The smallest absolute Gasteiger partial charge is 0.269 e. The van der Waals surface area contributed by atoms with E-state index < -0.39 is 0 Å². The van der Waals surface area contributed by atoms with Gasteiger partial charge in [0.15, 0.2) is 0 Å². The van der Waals surface area contributed by atoms with Gasteiger partial charge in [-0.3, -0.25) is 18.9 Å². The maximum absolute atomic E-state index is 13.6. The van der Waals surface area contributed by atoms with E-state index in [9.17, 15) is 9.59 Å². The summed E-state index contributed by atoms with van der Waals surface area (Å²) in [6.07, 6.45) is 3.91. The van der Waals surface area contributed by atoms with Gasteiger partial charge in [0.2, 0.25) is 5.88 Å². The van der Waals surface area contributed by atoms with Crippen LogP contribution in [0.1, 0.15) is 27.8 Å². The molecule has 1 saturated heterocycles. The maximum Gasteiger partial charge on any atom is 0.269 e. The van der Waals surface area contributed by atoms with Gasteiger partial charge in [-0.1, -0.05) is 72.5 Å². The third-order valence-corrected chi connectivity index (χ3v) is 7.80. The Kier molecular flexibility index (Phi) is 6.95. The van der Waals surface area contributed by atoms with Gasteiger partial charge in [-0.2, -0.15) is 4.98 Å².